The molecule has 24 heteroatoms. The summed E-state index contributed by atoms with van der Waals surface area (Å²) < 4.78 is 57.0. The summed E-state index contributed by atoms with van der Waals surface area (Å²) in [4.78, 5) is 27.2. The maximum absolute atomic E-state index is 11.3. The third kappa shape index (κ3) is 17.7. The molecule has 4 aromatic heterocycles. The van der Waals surface area contributed by atoms with Gasteiger partial charge in [-0.3, -0.25) is 0 Å². The van der Waals surface area contributed by atoms with Crippen molar-refractivity contribution >= 4 is 135 Å². The topological polar surface area (TPSA) is 212 Å². The van der Waals surface area contributed by atoms with Gasteiger partial charge in [-0.15, -0.1) is 47.5 Å². The van der Waals surface area contributed by atoms with Crippen LogP contribution in [0.25, 0.3) is 44.3 Å². The number of aromatic nitrogens is 6. The maximum Gasteiger partial charge on any atom is 0.148 e. The van der Waals surface area contributed by atoms with Crippen molar-refractivity contribution in [3.05, 3.63) is 188 Å². The second-order valence-electron chi connectivity index (χ2n) is 17.9. The van der Waals surface area contributed by atoms with Crippen LogP contribution in [-0.2, 0) is 46.0 Å². The molecule has 0 aliphatic rings. The summed E-state index contributed by atoms with van der Waals surface area (Å²) >= 11 is 16.1. The molecule has 416 valence electrons. The van der Waals surface area contributed by atoms with Crippen molar-refractivity contribution in [1.82, 2.24) is 40.5 Å². The van der Waals surface area contributed by atoms with Gasteiger partial charge < -0.3 is 30.7 Å². The minimum Gasteiger partial charge on any atom is -0.487 e. The fraction of sp³-hybridized carbons (Fsp3) is 0.179. The molecule has 0 saturated carbocycles. The zero-order valence-corrected chi connectivity index (χ0v) is 49.4. The fourth-order valence-electron chi connectivity index (χ4n) is 7.72. The number of anilines is 4. The Labute approximate surface area is 494 Å². The maximum atomic E-state index is 11.3. The zero-order valence-electron chi connectivity index (χ0n) is 43.0. The summed E-state index contributed by atoms with van der Waals surface area (Å²) in [6.07, 6.45) is 5.50. The lowest BCUT2D eigenvalue weighted by Gasteiger charge is -2.12. The van der Waals surface area contributed by atoms with E-state index in [0.29, 0.717) is 72.6 Å². The van der Waals surface area contributed by atoms with E-state index in [1.54, 1.807) is 0 Å². The van der Waals surface area contributed by atoms with Crippen LogP contribution in [-0.4, -0.2) is 83.8 Å². The number of benzene rings is 6. The smallest absolute Gasteiger partial charge is 0.148 e. The average Bonchev–Trinajstić information content (AvgIpc) is 4.12. The van der Waals surface area contributed by atoms with Gasteiger partial charge in [0.15, 0.2) is 0 Å². The van der Waals surface area contributed by atoms with Crippen molar-refractivity contribution < 1.29 is 26.3 Å². The largest absolute Gasteiger partial charge is 0.487 e. The number of fused-ring (bicyclic) bond motifs is 2. The molecule has 4 N–H and O–H groups in total. The van der Waals surface area contributed by atoms with E-state index in [1.165, 1.54) is 47.8 Å². The van der Waals surface area contributed by atoms with Gasteiger partial charge in [-0.25, -0.2) is 46.7 Å². The highest BCUT2D eigenvalue weighted by Gasteiger charge is 2.14. The van der Waals surface area contributed by atoms with Crippen molar-refractivity contribution in [2.75, 3.05) is 47.7 Å². The van der Waals surface area contributed by atoms with Crippen molar-refractivity contribution in [2.45, 2.75) is 26.3 Å². The summed E-state index contributed by atoms with van der Waals surface area (Å²) in [5.41, 5.74) is 8.79. The molecule has 0 aliphatic heterocycles. The first-order valence-electron chi connectivity index (χ1n) is 24.3. The van der Waals surface area contributed by atoms with Crippen LogP contribution >= 0.6 is 70.7 Å². The molecule has 4 heterocycles. The Hall–Kier alpha value is -6.56. The number of hydrogen-bond donors (Lipinski definition) is 4. The monoisotopic (exact) mass is 1230 g/mol. The van der Waals surface area contributed by atoms with Crippen LogP contribution < -0.4 is 30.7 Å². The zero-order chi connectivity index (χ0) is 54.5. The Morgan fingerprint density at radius 2 is 0.925 bits per heavy atom. The van der Waals surface area contributed by atoms with Gasteiger partial charge in [-0.1, -0.05) is 96.0 Å². The number of hydrogen-bond acceptors (Lipinski definition) is 18. The molecule has 0 spiro atoms. The molecule has 10 aromatic rings. The first-order valence-corrected chi connectivity index (χ1v) is 30.9. The Morgan fingerprint density at radius 1 is 0.512 bits per heavy atom. The lowest BCUT2D eigenvalue weighted by Crippen LogP contribution is -2.21. The number of nitrogens with zero attached hydrogens (tertiary/aromatic N) is 6. The Morgan fingerprint density at radius 3 is 1.31 bits per heavy atom. The van der Waals surface area contributed by atoms with Gasteiger partial charge in [-0.2, -0.15) is 0 Å². The third-order valence-electron chi connectivity index (χ3n) is 11.7. The quantitative estimate of drug-likeness (QED) is 0.0465. The molecule has 0 aliphatic carbocycles. The van der Waals surface area contributed by atoms with Crippen LogP contribution in [0.1, 0.15) is 21.1 Å². The molecule has 16 nitrogen and oxygen atoms in total. The van der Waals surface area contributed by atoms with Crippen molar-refractivity contribution in [1.29, 1.82) is 0 Å². The van der Waals surface area contributed by atoms with Gasteiger partial charge in [0.2, 0.25) is 0 Å². The summed E-state index contributed by atoms with van der Waals surface area (Å²) in [6.45, 7) is 2.66. The van der Waals surface area contributed by atoms with E-state index in [9.17, 15) is 16.8 Å². The van der Waals surface area contributed by atoms with Crippen molar-refractivity contribution in [3.8, 4) is 34.0 Å². The van der Waals surface area contributed by atoms with Gasteiger partial charge >= 0.3 is 0 Å². The average molecular weight is 1230 g/mol. The summed E-state index contributed by atoms with van der Waals surface area (Å²) in [7, 11) is -5.99. The highest BCUT2D eigenvalue weighted by Crippen LogP contribution is 2.35. The molecule has 80 heavy (non-hydrogen) atoms. The highest BCUT2D eigenvalue weighted by molar-refractivity contribution is 7.90. The predicted molar refractivity (Wildman–Crippen MR) is 330 cm³/mol. The number of rotatable bonds is 22. The predicted octanol–water partition coefficient (Wildman–Crippen LogP) is 12.6. The molecule has 0 unspecified atom stereocenters. The number of ether oxygens (including phenoxy) is 2. The minimum atomic E-state index is -2.99. The number of thiazole rings is 2. The second kappa shape index (κ2) is 28.7. The molecule has 0 amide bonds. The second-order valence-corrected chi connectivity index (χ2v) is 25.1. The molecular weight excluding hydrogens is 1180 g/mol. The van der Waals surface area contributed by atoms with Crippen LogP contribution in [0.5, 0.6) is 11.5 Å². The van der Waals surface area contributed by atoms with Crippen LogP contribution in [0.3, 0.4) is 0 Å². The number of sulfone groups is 2. The molecule has 0 bridgehead atoms. The van der Waals surface area contributed by atoms with E-state index in [2.05, 4.69) is 41.2 Å². The summed E-state index contributed by atoms with van der Waals surface area (Å²) in [6, 6.07) is 42.8. The number of nitrogens with one attached hydrogen (secondary N) is 4. The van der Waals surface area contributed by atoms with Crippen LogP contribution in [0.4, 0.5) is 23.0 Å². The van der Waals surface area contributed by atoms with E-state index < -0.39 is 19.7 Å². The fourth-order valence-corrected chi connectivity index (χ4v) is 10.8. The summed E-state index contributed by atoms with van der Waals surface area (Å²) in [5, 5.41) is 21.4. The number of halogens is 4. The SMILES string of the molecule is CS(=O)(=O)CCNCc1nc(-c2ccc3ncnc(Nc4ccc(OCc5ccccc5)c(Cl)c4)c3c2)cs1.CS(=O)(=O)CCNCc1nc(-c2ccc3ncnc(Nc4ccc(OCc5ccccc5)c(Cl)c4)c3c2)cs1.Cl.Cl. The third-order valence-corrected chi connectivity index (χ3v) is 15.9. The first-order chi connectivity index (χ1) is 37.7. The van der Waals surface area contributed by atoms with Gasteiger partial charge in [0.25, 0.3) is 0 Å². The van der Waals surface area contributed by atoms with Gasteiger partial charge in [-0.05, 0) is 71.8 Å². The molecule has 0 fully saturated rings. The van der Waals surface area contributed by atoms with E-state index in [1.807, 2.05) is 144 Å². The van der Waals surface area contributed by atoms with Gasteiger partial charge in [0, 0.05) is 82.7 Å². The molecule has 6 aromatic carbocycles. The van der Waals surface area contributed by atoms with Crippen molar-refractivity contribution in [3.63, 3.8) is 0 Å². The molecular formula is C56H54Cl4N10O6S4. The Bertz CT molecular complexity index is 3650. The van der Waals surface area contributed by atoms with E-state index in [0.717, 1.165) is 76.8 Å². The van der Waals surface area contributed by atoms with E-state index in [4.69, 9.17) is 42.6 Å². The Balaban J connectivity index is 0.000000225. The molecule has 10 rings (SSSR count). The van der Waals surface area contributed by atoms with Crippen LogP contribution in [0.2, 0.25) is 10.0 Å². The molecule has 0 saturated heterocycles. The van der Waals surface area contributed by atoms with Crippen LogP contribution in [0.15, 0.2) is 157 Å². The van der Waals surface area contributed by atoms with E-state index in [-0.39, 0.29) is 36.3 Å². The van der Waals surface area contributed by atoms with Crippen molar-refractivity contribution in [2.24, 2.45) is 0 Å². The first kappa shape index (κ1) is 61.1. The lowest BCUT2D eigenvalue weighted by atomic mass is 10.1. The Kier molecular flexibility index (Phi) is 21.9. The normalized spacial score (nSPS) is 11.2. The van der Waals surface area contributed by atoms with Gasteiger partial charge in [0.05, 0.1) is 44.0 Å². The molecule has 0 radical (unpaired) electrons. The van der Waals surface area contributed by atoms with Crippen LogP contribution in [0, 0.1) is 0 Å². The highest BCUT2D eigenvalue weighted by atomic mass is 35.5. The standard InChI is InChI=1S/2C28H26ClN5O3S2.2ClH/c2*1-39(35,36)12-11-30-15-27-34-25(17-38-27)20-7-9-24-22(13-20)28(32-18-31-24)33-21-8-10-26(23(29)14-21)37-16-19-5-3-2-4-6-19;;/h2*2-10,13-14,17-18,30H,11-12,15-16H2,1H3,(H,31,32,33);2*1H. The summed E-state index contributed by atoms with van der Waals surface area (Å²) in [5.74, 6) is 2.69. The minimum absolute atomic E-state index is 0. The molecule has 0 atom stereocenters. The lowest BCUT2D eigenvalue weighted by molar-refractivity contribution is 0.306. The van der Waals surface area contributed by atoms with Gasteiger partial charge in [0.1, 0.15) is 78.7 Å². The van der Waals surface area contributed by atoms with E-state index >= 15 is 0 Å².